The second kappa shape index (κ2) is 8.84. The molecule has 7 nitrogen and oxygen atoms in total. The molecule has 5 rings (SSSR count). The number of amides is 1. The third kappa shape index (κ3) is 4.93. The maximum atomic E-state index is 14.5. The van der Waals surface area contributed by atoms with Gasteiger partial charge in [0.15, 0.2) is 6.17 Å². The zero-order chi connectivity index (χ0) is 24.7. The molecule has 1 unspecified atom stereocenters. The maximum absolute atomic E-state index is 14.5. The Kier molecular flexibility index (Phi) is 5.84. The van der Waals surface area contributed by atoms with Gasteiger partial charge in [-0.25, -0.2) is 19.3 Å². The summed E-state index contributed by atoms with van der Waals surface area (Å²) < 4.78 is 46.3. The summed E-state index contributed by atoms with van der Waals surface area (Å²) in [6.45, 7) is 1.44. The number of aromatic nitrogens is 4. The molecule has 2 heterocycles. The Labute approximate surface area is 202 Å². The van der Waals surface area contributed by atoms with E-state index in [1.54, 1.807) is 24.5 Å². The number of imidazole rings is 1. The summed E-state index contributed by atoms with van der Waals surface area (Å²) in [5.74, 6) is -0.309. The van der Waals surface area contributed by atoms with Crippen LogP contribution >= 0.6 is 11.6 Å². The molecule has 1 N–H and O–H groups in total. The Balaban J connectivity index is 1.54. The largest absolute Gasteiger partial charge is 0.487 e. The first-order valence-electron chi connectivity index (χ1n) is 10.8. The van der Waals surface area contributed by atoms with Crippen LogP contribution in [0, 0.1) is 0 Å². The third-order valence-corrected chi connectivity index (χ3v) is 5.64. The molecule has 0 radical (unpaired) electrons. The van der Waals surface area contributed by atoms with E-state index in [0.29, 0.717) is 28.2 Å². The topological polar surface area (TPSA) is 81.9 Å². The van der Waals surface area contributed by atoms with Crippen LogP contribution in [0.2, 0.25) is 0 Å². The second-order valence-electron chi connectivity index (χ2n) is 8.23. The Bertz CT molecular complexity index is 1380. The molecule has 1 aliphatic rings. The number of nitrogens with one attached hydrogen (secondary N) is 1. The first-order valence-corrected chi connectivity index (χ1v) is 11.2. The van der Waals surface area contributed by atoms with Gasteiger partial charge in [0, 0.05) is 52.4 Å². The van der Waals surface area contributed by atoms with Crippen molar-refractivity contribution in [3.63, 3.8) is 0 Å². The molecule has 0 spiro atoms. The van der Waals surface area contributed by atoms with Gasteiger partial charge in [-0.15, -0.1) is 8.78 Å². The van der Waals surface area contributed by atoms with E-state index in [9.17, 15) is 18.0 Å². The molecule has 1 atom stereocenters. The molecule has 0 aliphatic heterocycles. The quantitative estimate of drug-likeness (QED) is 0.301. The molecule has 1 saturated carbocycles. The van der Waals surface area contributed by atoms with Crippen LogP contribution in [-0.2, 0) is 0 Å². The van der Waals surface area contributed by atoms with E-state index in [-0.39, 0.29) is 17.4 Å². The number of alkyl halides is 4. The van der Waals surface area contributed by atoms with Crippen molar-refractivity contribution in [3.05, 3.63) is 66.5 Å². The Hall–Kier alpha value is -3.66. The molecular weight excluding hydrogens is 483 g/mol. The van der Waals surface area contributed by atoms with Crippen molar-refractivity contribution >= 4 is 34.2 Å². The highest BCUT2D eigenvalue weighted by Crippen LogP contribution is 2.43. The number of rotatable bonds is 7. The first-order chi connectivity index (χ1) is 16.7. The second-order valence-corrected chi connectivity index (χ2v) is 8.67. The van der Waals surface area contributed by atoms with Gasteiger partial charge in [-0.2, -0.15) is 0 Å². The number of carbonyl (C=O) groups is 1. The maximum Gasteiger partial charge on any atom is 0.487 e. The van der Waals surface area contributed by atoms with E-state index >= 15 is 0 Å². The van der Waals surface area contributed by atoms with Crippen LogP contribution in [0.25, 0.3) is 22.2 Å². The van der Waals surface area contributed by atoms with Gasteiger partial charge in [0.25, 0.3) is 5.91 Å². The van der Waals surface area contributed by atoms with Gasteiger partial charge in [0.1, 0.15) is 17.9 Å². The van der Waals surface area contributed by atoms with Crippen LogP contribution in [0.1, 0.15) is 48.2 Å². The number of carbonyl (C=O) groups excluding carboxylic acids is 1. The summed E-state index contributed by atoms with van der Waals surface area (Å²) >= 11 is 4.78. The molecule has 2 aromatic heterocycles. The summed E-state index contributed by atoms with van der Waals surface area (Å²) in [4.78, 5) is 25.8. The van der Waals surface area contributed by atoms with Crippen LogP contribution in [0.5, 0.6) is 5.75 Å². The molecule has 11 heteroatoms. The van der Waals surface area contributed by atoms with Crippen molar-refractivity contribution in [1.82, 2.24) is 19.5 Å². The van der Waals surface area contributed by atoms with Gasteiger partial charge in [0.2, 0.25) is 0 Å². The molecule has 1 aliphatic carbocycles. The van der Waals surface area contributed by atoms with E-state index in [2.05, 4.69) is 25.0 Å². The number of halogens is 4. The van der Waals surface area contributed by atoms with Gasteiger partial charge in [-0.1, -0.05) is 0 Å². The minimum atomic E-state index is -3.84. The van der Waals surface area contributed by atoms with Gasteiger partial charge in [-0.3, -0.25) is 4.79 Å². The SMILES string of the molecule is CC(F)c1nc2cc(C(=O)Nc3ccc(OC(F)(F)Cl)cc3)cc(-c3cncnc3)c2n1C1CC1. The van der Waals surface area contributed by atoms with Gasteiger partial charge in [-0.05, 0) is 56.2 Å². The molecule has 1 fully saturated rings. The predicted octanol–water partition coefficient (Wildman–Crippen LogP) is 6.28. The zero-order valence-corrected chi connectivity index (χ0v) is 19.1. The van der Waals surface area contributed by atoms with Crippen molar-refractivity contribution in [2.75, 3.05) is 5.32 Å². The fourth-order valence-corrected chi connectivity index (χ4v) is 4.05. The standard InChI is InChI=1S/C24H19ClF3N5O2/c1-13(26)22-32-20-9-14(23(34)31-16-2-6-18(7-3-16)35-24(25,27)28)8-19(15-10-29-12-30-11-15)21(20)33(22)17-4-5-17/h2-3,6-13,17H,4-5H2,1H3,(H,31,34). The molecule has 0 saturated heterocycles. The van der Waals surface area contributed by atoms with E-state index in [1.165, 1.54) is 37.5 Å². The zero-order valence-electron chi connectivity index (χ0n) is 18.4. The van der Waals surface area contributed by atoms with E-state index < -0.39 is 17.6 Å². The van der Waals surface area contributed by atoms with E-state index in [4.69, 9.17) is 11.6 Å². The average Bonchev–Trinajstić information content (AvgIpc) is 3.58. The number of anilines is 1. The number of ether oxygens (including phenoxy) is 1. The summed E-state index contributed by atoms with van der Waals surface area (Å²) in [5, 5.41) is 2.72. The van der Waals surface area contributed by atoms with Crippen molar-refractivity contribution in [2.24, 2.45) is 0 Å². The van der Waals surface area contributed by atoms with Gasteiger partial charge < -0.3 is 14.6 Å². The molecule has 4 aromatic rings. The van der Waals surface area contributed by atoms with Gasteiger partial charge in [0.05, 0.1) is 11.0 Å². The lowest BCUT2D eigenvalue weighted by Crippen LogP contribution is -2.16. The number of benzene rings is 2. The molecule has 180 valence electrons. The Morgan fingerprint density at radius 3 is 2.49 bits per heavy atom. The van der Waals surface area contributed by atoms with Crippen molar-refractivity contribution < 1.29 is 22.7 Å². The van der Waals surface area contributed by atoms with Gasteiger partial charge >= 0.3 is 5.57 Å². The van der Waals surface area contributed by atoms with Crippen LogP contribution in [0.3, 0.4) is 0 Å². The van der Waals surface area contributed by atoms with E-state index in [0.717, 1.165) is 18.4 Å². The lowest BCUT2D eigenvalue weighted by atomic mass is 10.0. The Morgan fingerprint density at radius 2 is 1.89 bits per heavy atom. The van der Waals surface area contributed by atoms with Crippen LogP contribution < -0.4 is 10.1 Å². The lowest BCUT2D eigenvalue weighted by Gasteiger charge is -2.13. The van der Waals surface area contributed by atoms with Crippen molar-refractivity contribution in [2.45, 2.75) is 37.5 Å². The molecule has 2 aromatic carbocycles. The fourth-order valence-electron chi connectivity index (χ4n) is 3.96. The van der Waals surface area contributed by atoms with E-state index in [1.807, 2.05) is 4.57 Å². The highest BCUT2D eigenvalue weighted by atomic mass is 35.5. The van der Waals surface area contributed by atoms with Crippen LogP contribution in [0.4, 0.5) is 18.9 Å². The summed E-state index contributed by atoms with van der Waals surface area (Å²) in [6.07, 6.45) is 5.20. The minimum absolute atomic E-state index is 0.150. The molecule has 0 bridgehead atoms. The highest BCUT2D eigenvalue weighted by molar-refractivity contribution is 6.20. The lowest BCUT2D eigenvalue weighted by molar-refractivity contribution is -0.0964. The number of fused-ring (bicyclic) bond motifs is 1. The van der Waals surface area contributed by atoms with Crippen molar-refractivity contribution in [3.8, 4) is 16.9 Å². The molecular formula is C24H19ClF3N5O2. The van der Waals surface area contributed by atoms with Crippen LogP contribution in [0.15, 0.2) is 55.1 Å². The predicted molar refractivity (Wildman–Crippen MR) is 124 cm³/mol. The summed E-state index contributed by atoms with van der Waals surface area (Å²) in [5.41, 5.74) is -0.674. The third-order valence-electron chi connectivity index (χ3n) is 5.56. The average molecular weight is 502 g/mol. The normalized spacial score (nSPS) is 14.7. The summed E-state index contributed by atoms with van der Waals surface area (Å²) in [6, 6.07) is 8.78. The fraction of sp³-hybridized carbons (Fsp3) is 0.250. The molecule has 1 amide bonds. The summed E-state index contributed by atoms with van der Waals surface area (Å²) in [7, 11) is 0. The number of hydrogen-bond donors (Lipinski definition) is 1. The van der Waals surface area contributed by atoms with Crippen molar-refractivity contribution in [1.29, 1.82) is 0 Å². The first kappa shape index (κ1) is 23.1. The smallest absolute Gasteiger partial charge is 0.420 e. The molecule has 35 heavy (non-hydrogen) atoms. The minimum Gasteiger partial charge on any atom is -0.420 e. The number of nitrogens with zero attached hydrogens (tertiary/aromatic N) is 4. The highest BCUT2D eigenvalue weighted by Gasteiger charge is 2.32. The monoisotopic (exact) mass is 501 g/mol. The van der Waals surface area contributed by atoms with Crippen LogP contribution in [-0.4, -0.2) is 31.0 Å². The Morgan fingerprint density at radius 1 is 1.20 bits per heavy atom. The number of hydrogen-bond acceptors (Lipinski definition) is 5.